The second-order valence-electron chi connectivity index (χ2n) is 8.57. The second kappa shape index (κ2) is 8.53. The molecule has 29 heavy (non-hydrogen) atoms. The molecular weight excluding hydrogens is 366 g/mol. The van der Waals surface area contributed by atoms with Crippen LogP contribution in [0, 0.1) is 18.3 Å². The lowest BCUT2D eigenvalue weighted by Gasteiger charge is -2.39. The average molecular weight is 397 g/mol. The van der Waals surface area contributed by atoms with E-state index in [2.05, 4.69) is 22.1 Å². The van der Waals surface area contributed by atoms with Gasteiger partial charge < -0.3 is 15.5 Å². The summed E-state index contributed by atoms with van der Waals surface area (Å²) in [5.74, 6) is 0.161. The Morgan fingerprint density at radius 1 is 1.14 bits per heavy atom. The van der Waals surface area contributed by atoms with Crippen molar-refractivity contribution in [2.45, 2.75) is 31.6 Å². The number of hydrogen-bond acceptors (Lipinski definition) is 4. The number of benzene rings is 1. The highest BCUT2D eigenvalue weighted by atomic mass is 16.2. The topological polar surface area (TPSA) is 95.3 Å². The quantitative estimate of drug-likeness (QED) is 0.807. The number of H-pyrrole nitrogens is 1. The van der Waals surface area contributed by atoms with E-state index in [1.165, 1.54) is 32.4 Å². The van der Waals surface area contributed by atoms with Crippen LogP contribution in [0.2, 0.25) is 0 Å². The van der Waals surface area contributed by atoms with Crippen molar-refractivity contribution in [2.75, 3.05) is 33.2 Å². The molecule has 155 valence electrons. The number of nitrogens with two attached hydrogens (primary N) is 1. The molecule has 2 aliphatic rings. The summed E-state index contributed by atoms with van der Waals surface area (Å²) in [6.45, 7) is 3.88. The number of aromatic nitrogens is 2. The van der Waals surface area contributed by atoms with Gasteiger partial charge in [-0.3, -0.25) is 14.7 Å². The minimum atomic E-state index is -0.728. The summed E-state index contributed by atoms with van der Waals surface area (Å²) in [7, 11) is 2.19. The molecule has 2 saturated heterocycles. The lowest BCUT2D eigenvalue weighted by atomic mass is 9.79. The highest BCUT2D eigenvalue weighted by Crippen LogP contribution is 2.33. The van der Waals surface area contributed by atoms with Crippen LogP contribution in [-0.4, -0.2) is 65.0 Å². The minimum absolute atomic E-state index is 0.0945. The van der Waals surface area contributed by atoms with E-state index in [1.54, 1.807) is 6.20 Å². The lowest BCUT2D eigenvalue weighted by Crippen LogP contribution is -2.43. The van der Waals surface area contributed by atoms with Gasteiger partial charge in [0.05, 0.1) is 24.1 Å². The molecule has 1 aromatic heterocycles. The molecule has 2 fully saturated rings. The van der Waals surface area contributed by atoms with Crippen molar-refractivity contribution in [1.29, 1.82) is 0 Å². The van der Waals surface area contributed by atoms with Crippen molar-refractivity contribution >= 4 is 22.7 Å². The van der Waals surface area contributed by atoms with Crippen molar-refractivity contribution in [3.8, 4) is 0 Å². The predicted molar refractivity (Wildman–Crippen MR) is 112 cm³/mol. The summed E-state index contributed by atoms with van der Waals surface area (Å²) >= 11 is 0. The van der Waals surface area contributed by atoms with Crippen LogP contribution >= 0.6 is 0 Å². The lowest BCUT2D eigenvalue weighted by molar-refractivity contribution is -0.131. The number of aromatic amines is 1. The van der Waals surface area contributed by atoms with Crippen molar-refractivity contribution in [1.82, 2.24) is 20.0 Å². The van der Waals surface area contributed by atoms with E-state index >= 15 is 0 Å². The number of amides is 2. The molecule has 0 bridgehead atoms. The average Bonchev–Trinajstić information content (AvgIpc) is 3.20. The molecular formula is C22H30N5O2. The largest absolute Gasteiger partial charge is 0.369 e. The van der Waals surface area contributed by atoms with E-state index in [1.807, 2.05) is 23.1 Å². The third kappa shape index (κ3) is 4.45. The first kappa shape index (κ1) is 19.9. The van der Waals surface area contributed by atoms with E-state index in [4.69, 9.17) is 5.73 Å². The number of nitrogens with one attached hydrogen (secondary N) is 1. The fourth-order valence-electron chi connectivity index (χ4n) is 4.84. The van der Waals surface area contributed by atoms with E-state index in [9.17, 15) is 9.59 Å². The number of primary amides is 1. The van der Waals surface area contributed by atoms with Crippen molar-refractivity contribution in [3.05, 3.63) is 36.4 Å². The Labute approximate surface area is 171 Å². The van der Waals surface area contributed by atoms with E-state index < -0.39 is 11.8 Å². The molecule has 2 amide bonds. The predicted octanol–water partition coefficient (Wildman–Crippen LogP) is 1.92. The second-order valence-corrected chi connectivity index (χ2v) is 8.57. The summed E-state index contributed by atoms with van der Waals surface area (Å²) < 4.78 is 0. The number of carbonyl (C=O) groups is 2. The molecule has 1 atom stereocenters. The molecule has 1 aromatic carbocycles. The minimum Gasteiger partial charge on any atom is -0.369 e. The van der Waals surface area contributed by atoms with Crippen LogP contribution in [0.5, 0.6) is 0 Å². The van der Waals surface area contributed by atoms with Gasteiger partial charge in [-0.25, -0.2) is 0 Å². The first-order chi connectivity index (χ1) is 14.0. The van der Waals surface area contributed by atoms with Crippen LogP contribution in [0.1, 0.15) is 37.2 Å². The van der Waals surface area contributed by atoms with Gasteiger partial charge in [0.1, 0.15) is 0 Å². The Balaban J connectivity index is 1.35. The smallest absolute Gasteiger partial charge is 0.227 e. The number of carbonyl (C=O) groups excluding carboxylic acids is 2. The van der Waals surface area contributed by atoms with Gasteiger partial charge in [-0.2, -0.15) is 5.10 Å². The van der Waals surface area contributed by atoms with Gasteiger partial charge in [-0.1, -0.05) is 6.07 Å². The van der Waals surface area contributed by atoms with Crippen molar-refractivity contribution in [3.63, 3.8) is 0 Å². The van der Waals surface area contributed by atoms with E-state index in [-0.39, 0.29) is 5.91 Å². The number of nitrogens with zero attached hydrogens (tertiary/aromatic N) is 3. The van der Waals surface area contributed by atoms with Gasteiger partial charge in [0.15, 0.2) is 0 Å². The Bertz CT molecular complexity index is 863. The maximum Gasteiger partial charge on any atom is 0.227 e. The normalized spacial score (nSPS) is 20.8. The number of fused-ring (bicyclic) bond motifs is 1. The van der Waals surface area contributed by atoms with Crippen LogP contribution in [-0.2, 0) is 9.59 Å². The SMILES string of the molecule is CN1CCC(C2CCN(C(=O)[CH]C(C(N)=O)c3ccc4[nH]ncc4c3)CC2)CC1. The Hall–Kier alpha value is -2.41. The standard InChI is InChI=1S/C22H30N5O2/c1-26-8-4-15(5-9-26)16-6-10-27(11-7-16)21(28)13-19(22(23)29)17-2-3-20-18(12-17)14-24-25-20/h2-3,12-16,19H,4-11H2,1H3,(H2,23,29)(H,24,25). The molecule has 1 unspecified atom stereocenters. The molecule has 4 rings (SSSR count). The number of likely N-dealkylation sites (tertiary alicyclic amines) is 2. The number of piperidine rings is 2. The monoisotopic (exact) mass is 396 g/mol. The summed E-state index contributed by atoms with van der Waals surface area (Å²) in [4.78, 5) is 29.2. The fourth-order valence-corrected chi connectivity index (χ4v) is 4.84. The summed E-state index contributed by atoms with van der Waals surface area (Å²) in [6, 6.07) is 5.55. The summed E-state index contributed by atoms with van der Waals surface area (Å²) in [6.07, 6.45) is 7.82. The van der Waals surface area contributed by atoms with Crippen molar-refractivity contribution < 1.29 is 9.59 Å². The van der Waals surface area contributed by atoms with Crippen LogP contribution in [0.15, 0.2) is 24.4 Å². The molecule has 7 nitrogen and oxygen atoms in total. The van der Waals surface area contributed by atoms with Gasteiger partial charge >= 0.3 is 0 Å². The third-order valence-electron chi connectivity index (χ3n) is 6.72. The van der Waals surface area contributed by atoms with Gasteiger partial charge in [-0.05, 0) is 75.4 Å². The Kier molecular flexibility index (Phi) is 5.85. The molecule has 0 saturated carbocycles. The molecule has 0 aliphatic carbocycles. The Morgan fingerprint density at radius 3 is 2.45 bits per heavy atom. The number of hydrogen-bond donors (Lipinski definition) is 2. The van der Waals surface area contributed by atoms with Crippen molar-refractivity contribution in [2.24, 2.45) is 17.6 Å². The fraction of sp³-hybridized carbons (Fsp3) is 0.545. The molecule has 1 radical (unpaired) electrons. The highest BCUT2D eigenvalue weighted by molar-refractivity contribution is 5.96. The van der Waals surface area contributed by atoms with E-state index in [0.29, 0.717) is 5.92 Å². The molecule has 3 N–H and O–H groups in total. The highest BCUT2D eigenvalue weighted by Gasteiger charge is 2.32. The van der Waals surface area contributed by atoms with Crippen LogP contribution in [0.3, 0.4) is 0 Å². The molecule has 2 aromatic rings. The van der Waals surface area contributed by atoms with Crippen LogP contribution in [0.4, 0.5) is 0 Å². The van der Waals surface area contributed by atoms with Crippen LogP contribution in [0.25, 0.3) is 10.9 Å². The molecule has 0 spiro atoms. The molecule has 3 heterocycles. The van der Waals surface area contributed by atoms with E-state index in [0.717, 1.165) is 48.3 Å². The van der Waals surface area contributed by atoms with Gasteiger partial charge in [-0.15, -0.1) is 0 Å². The van der Waals surface area contributed by atoms with Gasteiger partial charge in [0.2, 0.25) is 11.8 Å². The van der Waals surface area contributed by atoms with Crippen LogP contribution < -0.4 is 5.73 Å². The first-order valence-corrected chi connectivity index (χ1v) is 10.6. The zero-order chi connectivity index (χ0) is 20.4. The summed E-state index contributed by atoms with van der Waals surface area (Å²) in [5, 5.41) is 7.78. The Morgan fingerprint density at radius 2 is 1.79 bits per heavy atom. The number of rotatable bonds is 5. The van der Waals surface area contributed by atoms with Gasteiger partial charge in [0.25, 0.3) is 0 Å². The molecule has 7 heteroatoms. The maximum atomic E-state index is 12.9. The zero-order valence-corrected chi connectivity index (χ0v) is 17.0. The zero-order valence-electron chi connectivity index (χ0n) is 17.0. The van der Waals surface area contributed by atoms with Gasteiger partial charge in [0, 0.05) is 18.5 Å². The maximum absolute atomic E-state index is 12.9. The molecule has 2 aliphatic heterocycles. The summed E-state index contributed by atoms with van der Waals surface area (Å²) in [5.41, 5.74) is 7.24. The third-order valence-corrected chi connectivity index (χ3v) is 6.72. The first-order valence-electron chi connectivity index (χ1n) is 10.6.